The molecule has 0 aromatic heterocycles. The van der Waals surface area contributed by atoms with Gasteiger partial charge < -0.3 is 5.73 Å². The molecule has 2 N–H and O–H groups in total. The van der Waals surface area contributed by atoms with Crippen LogP contribution < -0.4 is 5.73 Å². The highest BCUT2D eigenvalue weighted by molar-refractivity contribution is 6.01. The van der Waals surface area contributed by atoms with Crippen molar-refractivity contribution in [3.8, 4) is 0 Å². The molecule has 0 fully saturated rings. The van der Waals surface area contributed by atoms with Crippen LogP contribution in [0.3, 0.4) is 0 Å². The number of hydrogen-bond donors (Lipinski definition) is 1. The molecule has 0 radical (unpaired) electrons. The van der Waals surface area contributed by atoms with Crippen molar-refractivity contribution in [2.75, 3.05) is 0 Å². The van der Waals surface area contributed by atoms with Gasteiger partial charge in [-0.3, -0.25) is 4.99 Å². The molecule has 0 atom stereocenters. The van der Waals surface area contributed by atoms with Gasteiger partial charge in [0.25, 0.3) is 0 Å². The number of hydrogen-bond acceptors (Lipinski definition) is 2. The van der Waals surface area contributed by atoms with Gasteiger partial charge in [-0.1, -0.05) is 13.0 Å². The molecular formula is C11H14N2. The summed E-state index contributed by atoms with van der Waals surface area (Å²) in [6.07, 6.45) is 1.08. The Bertz CT molecular complexity index is 378. The number of aliphatic imine (C=N–C) groups is 1. The van der Waals surface area contributed by atoms with Gasteiger partial charge in [0.05, 0.1) is 6.54 Å². The third-order valence-corrected chi connectivity index (χ3v) is 2.64. The van der Waals surface area contributed by atoms with E-state index in [0.717, 1.165) is 18.5 Å². The first kappa shape index (κ1) is 8.30. The van der Waals surface area contributed by atoms with Gasteiger partial charge >= 0.3 is 0 Å². The highest BCUT2D eigenvalue weighted by Gasteiger charge is 2.14. The van der Waals surface area contributed by atoms with Crippen LogP contribution in [0, 0.1) is 6.92 Å². The molecule has 0 amide bonds. The van der Waals surface area contributed by atoms with E-state index < -0.39 is 0 Å². The minimum absolute atomic E-state index is 0.695. The Morgan fingerprint density at radius 3 is 2.92 bits per heavy atom. The average Bonchev–Trinajstić information content (AvgIpc) is 2.47. The molecule has 1 heterocycles. The smallest absolute Gasteiger partial charge is 0.126 e. The Morgan fingerprint density at radius 1 is 1.46 bits per heavy atom. The van der Waals surface area contributed by atoms with Crippen molar-refractivity contribution in [1.82, 2.24) is 0 Å². The summed E-state index contributed by atoms with van der Waals surface area (Å²) in [6, 6.07) is 4.38. The van der Waals surface area contributed by atoms with E-state index in [1.807, 2.05) is 0 Å². The summed E-state index contributed by atoms with van der Waals surface area (Å²) in [5.74, 6) is 0.695. The topological polar surface area (TPSA) is 38.4 Å². The summed E-state index contributed by atoms with van der Waals surface area (Å²) >= 11 is 0. The molecule has 0 saturated carbocycles. The van der Waals surface area contributed by atoms with Gasteiger partial charge in [0, 0.05) is 5.56 Å². The fourth-order valence-corrected chi connectivity index (χ4v) is 1.81. The van der Waals surface area contributed by atoms with Gasteiger partial charge in [-0.2, -0.15) is 0 Å². The van der Waals surface area contributed by atoms with Crippen molar-refractivity contribution in [1.29, 1.82) is 0 Å². The number of aryl methyl sites for hydroxylation is 2. The van der Waals surface area contributed by atoms with Crippen LogP contribution in [0.25, 0.3) is 0 Å². The van der Waals surface area contributed by atoms with Crippen LogP contribution in [0.4, 0.5) is 0 Å². The standard InChI is InChI=1S/C11H14N2/c1-3-8-5-9-6-13-11(12)10(9)4-7(8)2/h4-5H,3,6H2,1-2H3,(H2,12,13). The van der Waals surface area contributed by atoms with Crippen LogP contribution in [-0.2, 0) is 13.0 Å². The molecular weight excluding hydrogens is 160 g/mol. The van der Waals surface area contributed by atoms with E-state index in [4.69, 9.17) is 5.73 Å². The number of nitrogens with zero attached hydrogens (tertiary/aromatic N) is 1. The van der Waals surface area contributed by atoms with E-state index in [-0.39, 0.29) is 0 Å². The van der Waals surface area contributed by atoms with E-state index in [0.29, 0.717) is 5.84 Å². The van der Waals surface area contributed by atoms with E-state index in [9.17, 15) is 0 Å². The zero-order valence-corrected chi connectivity index (χ0v) is 8.09. The van der Waals surface area contributed by atoms with Crippen LogP contribution in [0.2, 0.25) is 0 Å². The Labute approximate surface area is 78.5 Å². The first-order chi connectivity index (χ1) is 6.22. The van der Waals surface area contributed by atoms with Crippen LogP contribution in [0.15, 0.2) is 17.1 Å². The monoisotopic (exact) mass is 174 g/mol. The molecule has 1 aromatic rings. The second-order valence-corrected chi connectivity index (χ2v) is 3.49. The first-order valence-electron chi connectivity index (χ1n) is 4.65. The van der Waals surface area contributed by atoms with E-state index in [1.54, 1.807) is 0 Å². The van der Waals surface area contributed by atoms with E-state index in [2.05, 4.69) is 31.0 Å². The fourth-order valence-electron chi connectivity index (χ4n) is 1.81. The number of amidine groups is 1. The van der Waals surface area contributed by atoms with Crippen LogP contribution in [-0.4, -0.2) is 5.84 Å². The van der Waals surface area contributed by atoms with Crippen molar-refractivity contribution >= 4 is 5.84 Å². The predicted molar refractivity (Wildman–Crippen MR) is 55.0 cm³/mol. The summed E-state index contributed by atoms with van der Waals surface area (Å²) in [6.45, 7) is 5.06. The minimum Gasteiger partial charge on any atom is -0.383 e. The molecule has 1 aliphatic heterocycles. The first-order valence-corrected chi connectivity index (χ1v) is 4.65. The molecule has 0 spiro atoms. The van der Waals surface area contributed by atoms with E-state index >= 15 is 0 Å². The van der Waals surface area contributed by atoms with Crippen molar-refractivity contribution < 1.29 is 0 Å². The lowest BCUT2D eigenvalue weighted by molar-refractivity contribution is 1.06. The molecule has 0 bridgehead atoms. The van der Waals surface area contributed by atoms with Gasteiger partial charge in [-0.15, -0.1) is 0 Å². The van der Waals surface area contributed by atoms with Crippen molar-refractivity contribution in [2.24, 2.45) is 10.7 Å². The Hall–Kier alpha value is -1.31. The normalized spacial score (nSPS) is 14.2. The molecule has 2 rings (SSSR count). The Balaban J connectivity index is 2.55. The van der Waals surface area contributed by atoms with Crippen LogP contribution in [0.1, 0.15) is 29.2 Å². The summed E-state index contributed by atoms with van der Waals surface area (Å²) < 4.78 is 0. The fraction of sp³-hybridized carbons (Fsp3) is 0.364. The van der Waals surface area contributed by atoms with Gasteiger partial charge in [0.1, 0.15) is 5.84 Å². The zero-order chi connectivity index (χ0) is 9.42. The number of nitrogens with two attached hydrogens (primary N) is 1. The maximum Gasteiger partial charge on any atom is 0.126 e. The van der Waals surface area contributed by atoms with Crippen molar-refractivity contribution in [3.63, 3.8) is 0 Å². The largest absolute Gasteiger partial charge is 0.383 e. The van der Waals surface area contributed by atoms with Crippen LogP contribution >= 0.6 is 0 Å². The second kappa shape index (κ2) is 2.87. The minimum atomic E-state index is 0.695. The molecule has 1 aromatic carbocycles. The van der Waals surface area contributed by atoms with Crippen molar-refractivity contribution in [3.05, 3.63) is 34.4 Å². The van der Waals surface area contributed by atoms with Gasteiger partial charge in [-0.25, -0.2) is 0 Å². The van der Waals surface area contributed by atoms with Gasteiger partial charge in [-0.05, 0) is 36.1 Å². The molecule has 0 unspecified atom stereocenters. The second-order valence-electron chi connectivity index (χ2n) is 3.49. The molecule has 2 heteroatoms. The molecule has 2 nitrogen and oxygen atoms in total. The molecule has 13 heavy (non-hydrogen) atoms. The lowest BCUT2D eigenvalue weighted by Crippen LogP contribution is -2.11. The quantitative estimate of drug-likeness (QED) is 0.692. The summed E-state index contributed by atoms with van der Waals surface area (Å²) in [5.41, 5.74) is 10.9. The molecule has 1 aliphatic rings. The lowest BCUT2D eigenvalue weighted by atomic mass is 9.98. The Kier molecular flexibility index (Phi) is 1.83. The van der Waals surface area contributed by atoms with E-state index in [1.165, 1.54) is 16.7 Å². The molecule has 0 aliphatic carbocycles. The number of fused-ring (bicyclic) bond motifs is 1. The van der Waals surface area contributed by atoms with Gasteiger partial charge in [0.2, 0.25) is 0 Å². The number of benzene rings is 1. The molecule has 0 saturated heterocycles. The molecule has 68 valence electrons. The highest BCUT2D eigenvalue weighted by Crippen LogP contribution is 2.21. The summed E-state index contributed by atoms with van der Waals surface area (Å²) in [5, 5.41) is 0. The summed E-state index contributed by atoms with van der Waals surface area (Å²) in [4.78, 5) is 4.22. The zero-order valence-electron chi connectivity index (χ0n) is 8.09. The van der Waals surface area contributed by atoms with Crippen molar-refractivity contribution in [2.45, 2.75) is 26.8 Å². The third kappa shape index (κ3) is 1.22. The van der Waals surface area contributed by atoms with Gasteiger partial charge in [0.15, 0.2) is 0 Å². The maximum atomic E-state index is 5.76. The summed E-state index contributed by atoms with van der Waals surface area (Å²) in [7, 11) is 0. The predicted octanol–water partition coefficient (Wildman–Crippen LogP) is 1.78. The Morgan fingerprint density at radius 2 is 2.23 bits per heavy atom. The van der Waals surface area contributed by atoms with Crippen LogP contribution in [0.5, 0.6) is 0 Å². The maximum absolute atomic E-state index is 5.76. The average molecular weight is 174 g/mol. The number of rotatable bonds is 1. The third-order valence-electron chi connectivity index (χ3n) is 2.64. The highest BCUT2D eigenvalue weighted by atomic mass is 14.9. The SMILES string of the molecule is CCc1cc2c(cc1C)C(N)=NC2. The lowest BCUT2D eigenvalue weighted by Gasteiger charge is -2.06.